The second kappa shape index (κ2) is 4.23. The molecule has 0 spiro atoms. The summed E-state index contributed by atoms with van der Waals surface area (Å²) in [5, 5.41) is 9.67. The normalized spacial score (nSPS) is 27.0. The van der Waals surface area contributed by atoms with Gasteiger partial charge in [-0.05, 0) is 19.3 Å². The van der Waals surface area contributed by atoms with Gasteiger partial charge >= 0.3 is 0 Å². The van der Waals surface area contributed by atoms with Crippen molar-refractivity contribution in [3.63, 3.8) is 0 Å². The molecule has 1 aliphatic rings. The van der Waals surface area contributed by atoms with Crippen molar-refractivity contribution in [3.8, 4) is 0 Å². The molecule has 0 saturated carbocycles. The molecule has 0 bridgehead atoms. The van der Waals surface area contributed by atoms with Crippen LogP contribution in [0.5, 0.6) is 0 Å². The summed E-state index contributed by atoms with van der Waals surface area (Å²) in [6, 6.07) is 0. The highest BCUT2D eigenvalue weighted by molar-refractivity contribution is 5.32. The first-order valence-electron chi connectivity index (χ1n) is 5.66. The van der Waals surface area contributed by atoms with Crippen molar-refractivity contribution in [1.29, 1.82) is 0 Å². The van der Waals surface area contributed by atoms with Crippen molar-refractivity contribution in [1.82, 2.24) is 9.55 Å². The van der Waals surface area contributed by atoms with Gasteiger partial charge in [-0.15, -0.1) is 0 Å². The van der Waals surface area contributed by atoms with Gasteiger partial charge < -0.3 is 14.6 Å². The molecule has 84 valence electrons. The fraction of sp³-hybridized carbons (Fsp3) is 0.727. The van der Waals surface area contributed by atoms with Crippen molar-refractivity contribution in [2.75, 3.05) is 18.0 Å². The third-order valence-corrected chi connectivity index (χ3v) is 3.18. The first-order valence-corrected chi connectivity index (χ1v) is 5.66. The Hall–Kier alpha value is -1.03. The first kappa shape index (κ1) is 10.5. The molecule has 1 fully saturated rings. The Labute approximate surface area is 90.5 Å². The van der Waals surface area contributed by atoms with Gasteiger partial charge in [-0.1, -0.05) is 6.92 Å². The van der Waals surface area contributed by atoms with Gasteiger partial charge in [-0.25, -0.2) is 4.98 Å². The number of hydrogen-bond acceptors (Lipinski definition) is 3. The second-order valence-corrected chi connectivity index (χ2v) is 4.29. The Balaban J connectivity index is 2.11. The molecule has 1 aliphatic heterocycles. The Kier molecular flexibility index (Phi) is 2.95. The number of aryl methyl sites for hydroxylation is 1. The van der Waals surface area contributed by atoms with Gasteiger partial charge in [0.25, 0.3) is 0 Å². The van der Waals surface area contributed by atoms with E-state index in [1.165, 1.54) is 0 Å². The number of aliphatic hydroxyl groups is 1. The summed E-state index contributed by atoms with van der Waals surface area (Å²) >= 11 is 0. The summed E-state index contributed by atoms with van der Waals surface area (Å²) in [5.74, 6) is 1.37. The number of nitrogens with zero attached hydrogens (tertiary/aromatic N) is 3. The average Bonchev–Trinajstić information content (AvgIpc) is 2.70. The topological polar surface area (TPSA) is 41.3 Å². The molecule has 0 aromatic carbocycles. The van der Waals surface area contributed by atoms with Crippen LogP contribution in [0.3, 0.4) is 0 Å². The van der Waals surface area contributed by atoms with E-state index < -0.39 is 0 Å². The van der Waals surface area contributed by atoms with Crippen LogP contribution in [0.25, 0.3) is 0 Å². The van der Waals surface area contributed by atoms with E-state index in [0.717, 1.165) is 32.0 Å². The Morgan fingerprint density at radius 3 is 3.07 bits per heavy atom. The summed E-state index contributed by atoms with van der Waals surface area (Å²) < 4.78 is 2.14. The van der Waals surface area contributed by atoms with Gasteiger partial charge in [0.1, 0.15) is 0 Å². The number of anilines is 1. The van der Waals surface area contributed by atoms with Crippen LogP contribution in [-0.4, -0.2) is 33.9 Å². The summed E-state index contributed by atoms with van der Waals surface area (Å²) in [5.41, 5.74) is 0. The van der Waals surface area contributed by atoms with Gasteiger partial charge in [0.15, 0.2) is 0 Å². The predicted octanol–water partition coefficient (Wildman–Crippen LogP) is 1.11. The molecule has 1 aromatic heterocycles. The van der Waals surface area contributed by atoms with E-state index in [1.807, 2.05) is 12.4 Å². The Morgan fingerprint density at radius 1 is 1.60 bits per heavy atom. The quantitative estimate of drug-likeness (QED) is 0.793. The number of hydrogen-bond donors (Lipinski definition) is 1. The zero-order chi connectivity index (χ0) is 10.8. The van der Waals surface area contributed by atoms with Crippen LogP contribution < -0.4 is 4.90 Å². The van der Waals surface area contributed by atoms with Crippen molar-refractivity contribution in [3.05, 3.63) is 12.4 Å². The minimum absolute atomic E-state index is 0.147. The minimum atomic E-state index is -0.147. The monoisotopic (exact) mass is 209 g/mol. The molecule has 0 aliphatic carbocycles. The lowest BCUT2D eigenvalue weighted by Crippen LogP contribution is -2.43. The Bertz CT molecular complexity index is 323. The lowest BCUT2D eigenvalue weighted by atomic mass is 9.97. The lowest BCUT2D eigenvalue weighted by molar-refractivity contribution is 0.0964. The van der Waals surface area contributed by atoms with Crippen molar-refractivity contribution in [2.45, 2.75) is 32.9 Å². The fourth-order valence-electron chi connectivity index (χ4n) is 2.15. The minimum Gasteiger partial charge on any atom is -0.393 e. The van der Waals surface area contributed by atoms with Crippen LogP contribution in [-0.2, 0) is 6.54 Å². The number of aliphatic hydroxyl groups excluding tert-OH is 1. The van der Waals surface area contributed by atoms with E-state index in [-0.39, 0.29) is 6.10 Å². The highest BCUT2D eigenvalue weighted by Gasteiger charge is 2.26. The van der Waals surface area contributed by atoms with Crippen molar-refractivity contribution in [2.24, 2.45) is 5.92 Å². The zero-order valence-electron chi connectivity index (χ0n) is 9.43. The molecule has 15 heavy (non-hydrogen) atoms. The summed E-state index contributed by atoms with van der Waals surface area (Å²) in [4.78, 5) is 6.64. The smallest absolute Gasteiger partial charge is 0.205 e. The van der Waals surface area contributed by atoms with E-state index in [1.54, 1.807) is 0 Å². The molecule has 2 unspecified atom stereocenters. The third kappa shape index (κ3) is 2.00. The lowest BCUT2D eigenvalue weighted by Gasteiger charge is -2.35. The molecule has 2 heterocycles. The molecule has 4 heteroatoms. The second-order valence-electron chi connectivity index (χ2n) is 4.29. The largest absolute Gasteiger partial charge is 0.393 e. The molecular weight excluding hydrogens is 190 g/mol. The van der Waals surface area contributed by atoms with E-state index in [0.29, 0.717) is 5.92 Å². The van der Waals surface area contributed by atoms with Crippen molar-refractivity contribution >= 4 is 5.95 Å². The molecule has 1 saturated heterocycles. The number of piperidine rings is 1. The number of imidazole rings is 1. The molecule has 0 radical (unpaired) electrons. The molecule has 4 nitrogen and oxygen atoms in total. The summed E-state index contributed by atoms with van der Waals surface area (Å²) in [6.45, 7) is 6.97. The van der Waals surface area contributed by atoms with E-state index in [2.05, 4.69) is 28.3 Å². The van der Waals surface area contributed by atoms with Crippen LogP contribution >= 0.6 is 0 Å². The molecule has 0 amide bonds. The van der Waals surface area contributed by atoms with Gasteiger partial charge in [-0.2, -0.15) is 0 Å². The Morgan fingerprint density at radius 2 is 2.40 bits per heavy atom. The molecular formula is C11H19N3O. The van der Waals surface area contributed by atoms with Crippen LogP contribution in [0.4, 0.5) is 5.95 Å². The van der Waals surface area contributed by atoms with Crippen LogP contribution in [0.15, 0.2) is 12.4 Å². The predicted molar refractivity (Wildman–Crippen MR) is 59.9 cm³/mol. The zero-order valence-corrected chi connectivity index (χ0v) is 9.43. The van der Waals surface area contributed by atoms with Gasteiger partial charge in [0.05, 0.1) is 6.10 Å². The molecule has 1 N–H and O–H groups in total. The van der Waals surface area contributed by atoms with Gasteiger partial charge in [0.2, 0.25) is 5.95 Å². The third-order valence-electron chi connectivity index (χ3n) is 3.18. The van der Waals surface area contributed by atoms with Crippen LogP contribution in [0.2, 0.25) is 0 Å². The summed E-state index contributed by atoms with van der Waals surface area (Å²) in [6.07, 6.45) is 4.54. The van der Waals surface area contributed by atoms with E-state index >= 15 is 0 Å². The fourth-order valence-corrected chi connectivity index (χ4v) is 2.15. The summed E-state index contributed by atoms with van der Waals surface area (Å²) in [7, 11) is 0. The maximum atomic E-state index is 9.67. The number of rotatable bonds is 2. The van der Waals surface area contributed by atoms with Crippen LogP contribution in [0.1, 0.15) is 20.3 Å². The maximum Gasteiger partial charge on any atom is 0.205 e. The number of aromatic nitrogens is 2. The molecule has 2 atom stereocenters. The van der Waals surface area contributed by atoms with Crippen molar-refractivity contribution < 1.29 is 5.11 Å². The van der Waals surface area contributed by atoms with Gasteiger partial charge in [-0.3, -0.25) is 0 Å². The first-order chi connectivity index (χ1) is 7.22. The maximum absolute atomic E-state index is 9.67. The van der Waals surface area contributed by atoms with E-state index in [4.69, 9.17) is 0 Å². The SMILES string of the molecule is CCn1ccnc1N1CCC(O)C(C)C1. The van der Waals surface area contributed by atoms with E-state index in [9.17, 15) is 5.11 Å². The molecule has 2 rings (SSSR count). The van der Waals surface area contributed by atoms with Crippen LogP contribution in [0, 0.1) is 5.92 Å². The average molecular weight is 209 g/mol. The highest BCUT2D eigenvalue weighted by atomic mass is 16.3. The molecule has 1 aromatic rings. The highest BCUT2D eigenvalue weighted by Crippen LogP contribution is 2.21. The standard InChI is InChI=1S/C11H19N3O/c1-3-13-7-5-12-11(13)14-6-4-10(15)9(2)8-14/h5,7,9-10,15H,3-4,6,8H2,1-2H3. The van der Waals surface area contributed by atoms with Gasteiger partial charge in [0, 0.05) is 32.0 Å².